The fourth-order valence-electron chi connectivity index (χ4n) is 3.73. The lowest BCUT2D eigenvalue weighted by atomic mass is 10.2. The largest absolute Gasteiger partial charge is 0.439 e. The van der Waals surface area contributed by atoms with Crippen molar-refractivity contribution in [1.82, 2.24) is 9.97 Å². The van der Waals surface area contributed by atoms with E-state index in [9.17, 15) is 30.9 Å². The van der Waals surface area contributed by atoms with E-state index in [-0.39, 0.29) is 31.1 Å². The molecule has 0 amide bonds. The zero-order valence-corrected chi connectivity index (χ0v) is 29.4. The van der Waals surface area contributed by atoms with Gasteiger partial charge in [-0.2, -0.15) is 26.3 Å². The first-order chi connectivity index (χ1) is 22.0. The lowest BCUT2D eigenvalue weighted by Crippen LogP contribution is -2.05. The van der Waals surface area contributed by atoms with Crippen molar-refractivity contribution in [2.75, 3.05) is 13.2 Å². The highest BCUT2D eigenvalue weighted by molar-refractivity contribution is 9.10. The summed E-state index contributed by atoms with van der Waals surface area (Å²) in [5.74, 6) is 1.16. The number of rotatable bonds is 11. The predicted octanol–water partition coefficient (Wildman–Crippen LogP) is 11.8. The molecule has 0 bridgehead atoms. The van der Waals surface area contributed by atoms with Gasteiger partial charge in [0.1, 0.15) is 11.5 Å². The molecular formula is C30H26Br2ClF6N2O5P. The smallest absolute Gasteiger partial charge is 0.417 e. The molecule has 0 unspecified atom stereocenters. The third-order valence-electron chi connectivity index (χ3n) is 5.62. The quantitative estimate of drug-likeness (QED) is 0.0846. The van der Waals surface area contributed by atoms with Gasteiger partial charge in [0.05, 0.1) is 30.5 Å². The molecule has 0 aliphatic rings. The molecule has 0 aliphatic heterocycles. The fraction of sp³-hybridized carbons (Fsp3) is 0.267. The van der Waals surface area contributed by atoms with Gasteiger partial charge in [0.2, 0.25) is 11.8 Å². The van der Waals surface area contributed by atoms with Crippen LogP contribution in [-0.4, -0.2) is 23.2 Å². The summed E-state index contributed by atoms with van der Waals surface area (Å²) in [7, 11) is -3.31. The van der Waals surface area contributed by atoms with Gasteiger partial charge in [-0.3, -0.25) is 4.57 Å². The molecule has 47 heavy (non-hydrogen) atoms. The molecule has 4 rings (SSSR count). The number of aromatic nitrogens is 2. The molecule has 4 aromatic rings. The molecule has 0 atom stereocenters. The molecule has 2 heterocycles. The summed E-state index contributed by atoms with van der Waals surface area (Å²) in [5, 5.41) is 0. The Morgan fingerprint density at radius 3 is 1.49 bits per heavy atom. The monoisotopic (exact) mass is 832 g/mol. The second-order valence-corrected chi connectivity index (χ2v) is 13.5. The van der Waals surface area contributed by atoms with Crippen LogP contribution in [0.3, 0.4) is 0 Å². The molecule has 0 aliphatic carbocycles. The SMILES string of the molecule is CCOP(=O)(Cc1cc(Br)cc(Oc2ccc(C(F)(F)F)cn2)c1)OCC.FC(F)(F)c1ccc(Oc2cc(Br)cc(CCl)c2)nc1. The van der Waals surface area contributed by atoms with Gasteiger partial charge in [-0.15, -0.1) is 11.6 Å². The van der Waals surface area contributed by atoms with Crippen molar-refractivity contribution in [3.05, 3.63) is 104 Å². The Hall–Kier alpha value is -2.68. The zero-order valence-electron chi connectivity index (χ0n) is 24.5. The van der Waals surface area contributed by atoms with Gasteiger partial charge in [-0.25, -0.2) is 9.97 Å². The summed E-state index contributed by atoms with van der Waals surface area (Å²) in [4.78, 5) is 7.31. The summed E-state index contributed by atoms with van der Waals surface area (Å²) >= 11 is 12.4. The van der Waals surface area contributed by atoms with Gasteiger partial charge < -0.3 is 18.5 Å². The first-order valence-corrected chi connectivity index (χ1v) is 17.3. The second-order valence-electron chi connectivity index (χ2n) is 9.30. The van der Waals surface area contributed by atoms with Gasteiger partial charge in [0, 0.05) is 39.4 Å². The van der Waals surface area contributed by atoms with Gasteiger partial charge in [-0.1, -0.05) is 31.9 Å². The van der Waals surface area contributed by atoms with Crippen LogP contribution in [0.25, 0.3) is 0 Å². The average Bonchev–Trinajstić information content (AvgIpc) is 2.96. The first-order valence-electron chi connectivity index (χ1n) is 13.5. The molecular weight excluding hydrogens is 809 g/mol. The predicted molar refractivity (Wildman–Crippen MR) is 171 cm³/mol. The molecule has 0 saturated carbocycles. The minimum absolute atomic E-state index is 0.00449. The van der Waals surface area contributed by atoms with Crippen LogP contribution in [0.4, 0.5) is 26.3 Å². The molecule has 0 fully saturated rings. The van der Waals surface area contributed by atoms with Crippen molar-refractivity contribution >= 4 is 51.1 Å². The van der Waals surface area contributed by atoms with Crippen molar-refractivity contribution in [1.29, 1.82) is 0 Å². The minimum Gasteiger partial charge on any atom is -0.439 e. The van der Waals surface area contributed by atoms with Crippen molar-refractivity contribution < 1.29 is 49.4 Å². The summed E-state index contributed by atoms with van der Waals surface area (Å²) in [6, 6.07) is 14.3. The fourth-order valence-corrected chi connectivity index (χ4v) is 6.60. The van der Waals surface area contributed by atoms with E-state index in [4.69, 9.17) is 30.1 Å². The molecule has 0 radical (unpaired) electrons. The van der Waals surface area contributed by atoms with E-state index >= 15 is 0 Å². The summed E-state index contributed by atoms with van der Waals surface area (Å²) < 4.78 is 111. The minimum atomic E-state index is -4.46. The maximum atomic E-state index is 12.7. The van der Waals surface area contributed by atoms with Crippen LogP contribution in [0.2, 0.25) is 0 Å². The normalized spacial score (nSPS) is 11.9. The lowest BCUT2D eigenvalue weighted by Gasteiger charge is -2.17. The number of hydrogen-bond acceptors (Lipinski definition) is 7. The highest BCUT2D eigenvalue weighted by Crippen LogP contribution is 2.51. The molecule has 0 saturated heterocycles. The topological polar surface area (TPSA) is 79.8 Å². The summed E-state index contributed by atoms with van der Waals surface area (Å²) in [5.41, 5.74) is -0.237. The molecule has 2 aromatic heterocycles. The van der Waals surface area contributed by atoms with E-state index in [1.165, 1.54) is 6.07 Å². The third kappa shape index (κ3) is 12.7. The number of ether oxygens (including phenoxy) is 2. The maximum Gasteiger partial charge on any atom is 0.417 e. The first kappa shape index (κ1) is 38.8. The third-order valence-corrected chi connectivity index (χ3v) is 8.90. The van der Waals surface area contributed by atoms with Crippen LogP contribution in [0.15, 0.2) is 82.0 Å². The number of benzene rings is 2. The summed E-state index contributed by atoms with van der Waals surface area (Å²) in [6.45, 7) is 3.92. The molecule has 2 aromatic carbocycles. The highest BCUT2D eigenvalue weighted by atomic mass is 79.9. The Bertz CT molecular complexity index is 1650. The maximum absolute atomic E-state index is 12.7. The van der Waals surface area contributed by atoms with Gasteiger partial charge in [0.15, 0.2) is 0 Å². The van der Waals surface area contributed by atoms with Crippen LogP contribution in [-0.2, 0) is 38.0 Å². The van der Waals surface area contributed by atoms with Crippen molar-refractivity contribution in [3.63, 3.8) is 0 Å². The number of hydrogen-bond donors (Lipinski definition) is 0. The van der Waals surface area contributed by atoms with E-state index < -0.39 is 31.1 Å². The average molecular weight is 835 g/mol. The molecule has 0 N–H and O–H groups in total. The van der Waals surface area contributed by atoms with E-state index in [0.29, 0.717) is 33.6 Å². The van der Waals surface area contributed by atoms with Gasteiger partial charge in [0.25, 0.3) is 0 Å². The van der Waals surface area contributed by atoms with E-state index in [1.54, 1.807) is 44.2 Å². The van der Waals surface area contributed by atoms with Crippen LogP contribution in [0.1, 0.15) is 36.1 Å². The standard InChI is InChI=1S/C17H18BrF3NO4P.C13H8BrClF3NO/c1-3-24-27(23,25-4-2)11-12-7-14(18)9-15(8-12)26-16-6-5-13(10-22-16)17(19,20)21;14-10-3-8(6-15)4-11(5-10)20-12-2-1-9(7-19-12)13(16,17)18/h5-10H,3-4,11H2,1-2H3;1-5,7H,6H2. The molecule has 7 nitrogen and oxygen atoms in total. The lowest BCUT2D eigenvalue weighted by molar-refractivity contribution is -0.138. The Balaban J connectivity index is 0.000000267. The van der Waals surface area contributed by atoms with E-state index in [2.05, 4.69) is 41.8 Å². The van der Waals surface area contributed by atoms with Crippen LogP contribution in [0, 0.1) is 0 Å². The highest BCUT2D eigenvalue weighted by Gasteiger charge is 2.31. The Morgan fingerprint density at radius 1 is 0.702 bits per heavy atom. The van der Waals surface area contributed by atoms with Gasteiger partial charge in [-0.05, 0) is 73.5 Å². The van der Waals surface area contributed by atoms with Crippen molar-refractivity contribution in [2.45, 2.75) is 38.2 Å². The van der Waals surface area contributed by atoms with Crippen LogP contribution in [0.5, 0.6) is 23.3 Å². The number of pyridine rings is 2. The summed E-state index contributed by atoms with van der Waals surface area (Å²) in [6.07, 6.45) is -7.41. The van der Waals surface area contributed by atoms with E-state index in [0.717, 1.165) is 34.4 Å². The molecule has 0 spiro atoms. The van der Waals surface area contributed by atoms with Crippen LogP contribution >= 0.6 is 51.1 Å². The Kier molecular flexibility index (Phi) is 14.1. The second kappa shape index (κ2) is 17.1. The number of nitrogens with zero attached hydrogens (tertiary/aromatic N) is 2. The van der Waals surface area contributed by atoms with Gasteiger partial charge >= 0.3 is 19.9 Å². The zero-order chi connectivity index (χ0) is 34.8. The van der Waals surface area contributed by atoms with E-state index in [1.807, 2.05) is 6.07 Å². The number of halogens is 9. The van der Waals surface area contributed by atoms with Crippen molar-refractivity contribution in [3.8, 4) is 23.3 Å². The Labute approximate surface area is 288 Å². The van der Waals surface area contributed by atoms with Crippen LogP contribution < -0.4 is 9.47 Å². The number of alkyl halides is 7. The Morgan fingerprint density at radius 2 is 1.13 bits per heavy atom. The van der Waals surface area contributed by atoms with Crippen molar-refractivity contribution in [2.24, 2.45) is 0 Å². The molecule has 17 heteroatoms. The molecule has 254 valence electrons.